The molecule has 2 unspecified atom stereocenters. The molecule has 3 heterocycles. The third-order valence-electron chi connectivity index (χ3n) is 8.23. The van der Waals surface area contributed by atoms with Crippen LogP contribution in [0.25, 0.3) is 11.3 Å². The van der Waals surface area contributed by atoms with Crippen LogP contribution in [0, 0.1) is 17.5 Å². The number of aliphatic hydroxyl groups is 2. The molecule has 1 aromatic heterocycles. The number of likely N-dealkylation sites (tertiary alicyclic amines) is 1. The first kappa shape index (κ1) is 34.0. The maximum Gasteiger partial charge on any atom is 0.416 e. The van der Waals surface area contributed by atoms with Crippen LogP contribution in [0.4, 0.5) is 31.1 Å². The maximum atomic E-state index is 14.3. The second kappa shape index (κ2) is 13.8. The van der Waals surface area contributed by atoms with Gasteiger partial charge in [0.25, 0.3) is 0 Å². The number of nitrogens with zero attached hydrogens (tertiary/aromatic N) is 4. The minimum absolute atomic E-state index is 0.0904. The van der Waals surface area contributed by atoms with Crippen LogP contribution >= 0.6 is 11.8 Å². The van der Waals surface area contributed by atoms with E-state index in [4.69, 9.17) is 15.2 Å². The first-order valence-corrected chi connectivity index (χ1v) is 15.2. The number of thioether (sulfide) groups is 1. The third kappa shape index (κ3) is 6.69. The van der Waals surface area contributed by atoms with Gasteiger partial charge in [-0.25, -0.2) is 22.6 Å². The highest BCUT2D eigenvalue weighted by atomic mass is 32.2. The molecule has 7 atom stereocenters. The van der Waals surface area contributed by atoms with E-state index in [9.17, 15) is 41.4 Å². The zero-order chi connectivity index (χ0) is 33.3. The van der Waals surface area contributed by atoms with Gasteiger partial charge in [-0.2, -0.15) is 13.2 Å². The van der Waals surface area contributed by atoms with Gasteiger partial charge in [0, 0.05) is 25.3 Å². The number of carbonyl (C=O) groups is 1. The van der Waals surface area contributed by atoms with Gasteiger partial charge in [-0.1, -0.05) is 23.4 Å². The fraction of sp³-hybridized carbons (Fsp3) is 0.483. The number of piperidine rings is 1. The largest absolute Gasteiger partial charge is 0.416 e. The Hall–Kier alpha value is -3.38. The molecule has 0 aliphatic carbocycles. The fourth-order valence-corrected chi connectivity index (χ4v) is 7.79. The number of primary amides is 1. The van der Waals surface area contributed by atoms with Crippen molar-refractivity contribution in [2.24, 2.45) is 5.73 Å². The van der Waals surface area contributed by atoms with E-state index in [0.717, 1.165) is 22.5 Å². The predicted octanol–water partition coefficient (Wildman–Crippen LogP) is 4.42. The number of benzene rings is 2. The molecule has 250 valence electrons. The first-order chi connectivity index (χ1) is 21.8. The second-order valence-corrected chi connectivity index (χ2v) is 12.2. The van der Waals surface area contributed by atoms with E-state index in [-0.39, 0.29) is 23.4 Å². The normalized spacial score (nSPS) is 26.2. The smallest absolute Gasteiger partial charge is 0.394 e. The Kier molecular flexibility index (Phi) is 10.2. The Bertz CT molecular complexity index is 1520. The van der Waals surface area contributed by atoms with E-state index in [1.165, 1.54) is 36.4 Å². The fourth-order valence-electron chi connectivity index (χ4n) is 6.05. The average Bonchev–Trinajstić information content (AvgIpc) is 3.52. The first-order valence-electron chi connectivity index (χ1n) is 14.3. The Morgan fingerprint density at radius 2 is 1.89 bits per heavy atom. The van der Waals surface area contributed by atoms with Crippen molar-refractivity contribution in [1.82, 2.24) is 19.9 Å². The molecule has 10 nitrogen and oxygen atoms in total. The van der Waals surface area contributed by atoms with Crippen LogP contribution in [0.2, 0.25) is 0 Å². The van der Waals surface area contributed by atoms with Crippen LogP contribution < -0.4 is 5.73 Å². The van der Waals surface area contributed by atoms with Gasteiger partial charge in [-0.15, -0.1) is 16.9 Å². The summed E-state index contributed by atoms with van der Waals surface area (Å²) in [5.41, 5.74) is 3.22. The Morgan fingerprint density at radius 3 is 2.52 bits per heavy atom. The summed E-state index contributed by atoms with van der Waals surface area (Å²) in [5.74, 6) is -4.59. The molecule has 4 N–H and O–H groups in total. The van der Waals surface area contributed by atoms with E-state index in [2.05, 4.69) is 10.3 Å². The lowest BCUT2D eigenvalue weighted by molar-refractivity contribution is -0.186. The van der Waals surface area contributed by atoms with Crippen LogP contribution in [-0.4, -0.2) is 86.2 Å². The number of carbonyl (C=O) groups excluding carboxylic acids is 1. The Balaban J connectivity index is 1.56. The topological polar surface area (TPSA) is 136 Å². The summed E-state index contributed by atoms with van der Waals surface area (Å²) in [6.45, 7) is -0.473. The van der Waals surface area contributed by atoms with Crippen molar-refractivity contribution in [3.05, 3.63) is 71.2 Å². The van der Waals surface area contributed by atoms with Gasteiger partial charge in [0.1, 0.15) is 35.5 Å². The molecule has 5 rings (SSSR count). The summed E-state index contributed by atoms with van der Waals surface area (Å²) in [6.07, 6.45) is -5.88. The lowest BCUT2D eigenvalue weighted by Gasteiger charge is -2.46. The molecule has 0 radical (unpaired) electrons. The number of amides is 2. The number of ether oxygens (including phenoxy) is 2. The number of methoxy groups -OCH3 is 1. The minimum atomic E-state index is -4.74. The highest BCUT2D eigenvalue weighted by Gasteiger charge is 2.50. The number of alkyl halides is 3. The van der Waals surface area contributed by atoms with Crippen molar-refractivity contribution in [3.8, 4) is 11.3 Å². The molecular weight excluding hydrogens is 644 g/mol. The summed E-state index contributed by atoms with van der Waals surface area (Å²) >= 11 is 0.916. The number of aromatic nitrogens is 3. The monoisotopic (exact) mass is 675 g/mol. The quantitative estimate of drug-likeness (QED) is 0.236. The number of hydrogen-bond acceptors (Lipinski definition) is 8. The number of urea groups is 1. The summed E-state index contributed by atoms with van der Waals surface area (Å²) < 4.78 is 97.2. The van der Waals surface area contributed by atoms with Gasteiger partial charge in [0.15, 0.2) is 17.5 Å². The molecule has 2 saturated heterocycles. The van der Waals surface area contributed by atoms with E-state index in [0.29, 0.717) is 31.4 Å². The van der Waals surface area contributed by atoms with Gasteiger partial charge in [0.2, 0.25) is 0 Å². The zero-order valence-electron chi connectivity index (χ0n) is 24.3. The summed E-state index contributed by atoms with van der Waals surface area (Å²) in [5, 5.41) is 28.2. The van der Waals surface area contributed by atoms with Crippen LogP contribution in [0.15, 0.2) is 42.6 Å². The number of hydrogen-bond donors (Lipinski definition) is 3. The Labute approximate surface area is 263 Å². The van der Waals surface area contributed by atoms with Crippen molar-refractivity contribution >= 4 is 17.8 Å². The molecule has 2 aliphatic rings. The maximum absolute atomic E-state index is 14.3. The van der Waals surface area contributed by atoms with Crippen molar-refractivity contribution in [3.63, 3.8) is 0 Å². The SMILES string of the molecule is CO[C@@H]1[C@@H](n2cc(-c3cc(F)c(F)c(F)c3)nn2)[C@@H](O)[C@@H](CO)O[C@H]1SC(c1ccccc1C(F)(F)F)C1CCCCN1C(N)=O. The van der Waals surface area contributed by atoms with E-state index < -0.39 is 82.9 Å². The summed E-state index contributed by atoms with van der Waals surface area (Å²) in [6, 6.07) is 3.65. The van der Waals surface area contributed by atoms with Gasteiger partial charge in [-0.3, -0.25) is 0 Å². The molecule has 2 aliphatic heterocycles. The third-order valence-corrected chi connectivity index (χ3v) is 9.74. The number of rotatable bonds is 8. The minimum Gasteiger partial charge on any atom is -0.394 e. The molecule has 0 saturated carbocycles. The van der Waals surface area contributed by atoms with E-state index in [1.54, 1.807) is 0 Å². The highest BCUT2D eigenvalue weighted by molar-refractivity contribution is 8.00. The van der Waals surface area contributed by atoms with Crippen LogP contribution in [0.3, 0.4) is 0 Å². The van der Waals surface area contributed by atoms with Crippen LogP contribution in [0.5, 0.6) is 0 Å². The average molecular weight is 676 g/mol. The van der Waals surface area contributed by atoms with E-state index >= 15 is 0 Å². The van der Waals surface area contributed by atoms with Crippen molar-refractivity contribution in [2.45, 2.75) is 66.5 Å². The Morgan fingerprint density at radius 1 is 1.20 bits per heavy atom. The van der Waals surface area contributed by atoms with Gasteiger partial charge >= 0.3 is 12.2 Å². The number of aliphatic hydroxyl groups excluding tert-OH is 2. The van der Waals surface area contributed by atoms with Gasteiger partial charge in [-0.05, 0) is 43.0 Å². The lowest BCUT2D eigenvalue weighted by Crippen LogP contribution is -2.56. The molecule has 17 heteroatoms. The molecule has 0 spiro atoms. The molecule has 0 bridgehead atoms. The zero-order valence-corrected chi connectivity index (χ0v) is 25.1. The lowest BCUT2D eigenvalue weighted by atomic mass is 9.92. The number of halogens is 6. The summed E-state index contributed by atoms with van der Waals surface area (Å²) in [4.78, 5) is 13.8. The van der Waals surface area contributed by atoms with Crippen molar-refractivity contribution in [2.75, 3.05) is 20.3 Å². The highest BCUT2D eigenvalue weighted by Crippen LogP contribution is 2.49. The van der Waals surface area contributed by atoms with E-state index in [1.807, 2.05) is 0 Å². The summed E-state index contributed by atoms with van der Waals surface area (Å²) in [7, 11) is 1.28. The van der Waals surface area contributed by atoms with Crippen molar-refractivity contribution in [1.29, 1.82) is 0 Å². The standard InChI is InChI=1S/C29H31F6N5O5S/c1-44-25-23(40-12-19(37-38-40)14-10-17(30)22(32)18(31)11-14)24(42)21(13-41)45-27(25)46-26(20-8-4-5-9-39(20)28(36)43)15-6-2-3-7-16(15)29(33,34)35/h2-3,6-7,10-12,20-21,23-27,41-42H,4-5,8-9,13H2,1H3,(H2,36,43)/t20?,21-,23+,24+,25-,26?,27+/m1/s1. The molecule has 2 aromatic carbocycles. The number of nitrogens with two attached hydrogens (primary N) is 1. The van der Waals surface area contributed by atoms with Gasteiger partial charge < -0.3 is 30.3 Å². The van der Waals surface area contributed by atoms with Crippen LogP contribution in [-0.2, 0) is 15.7 Å². The second-order valence-electron chi connectivity index (χ2n) is 11.0. The molecule has 2 amide bonds. The molecule has 3 aromatic rings. The van der Waals surface area contributed by atoms with Gasteiger partial charge in [0.05, 0.1) is 23.6 Å². The predicted molar refractivity (Wildman–Crippen MR) is 153 cm³/mol. The molecule has 46 heavy (non-hydrogen) atoms. The molecule has 2 fully saturated rings. The van der Waals surface area contributed by atoms with Crippen molar-refractivity contribution < 1.29 is 50.8 Å². The molecular formula is C29H31F6N5O5S. The van der Waals surface area contributed by atoms with Crippen LogP contribution in [0.1, 0.15) is 41.7 Å².